The summed E-state index contributed by atoms with van der Waals surface area (Å²) in [6, 6.07) is 0.373. The van der Waals surface area contributed by atoms with Crippen LogP contribution in [0.15, 0.2) is 12.2 Å². The van der Waals surface area contributed by atoms with Crippen LogP contribution in [0.3, 0.4) is 0 Å². The minimum absolute atomic E-state index is 0.204. The van der Waals surface area contributed by atoms with Gasteiger partial charge in [-0.05, 0) is 20.3 Å². The molecule has 0 fully saturated rings. The summed E-state index contributed by atoms with van der Waals surface area (Å²) in [5, 5.41) is 8.59. The van der Waals surface area contributed by atoms with E-state index in [1.807, 2.05) is 0 Å². The van der Waals surface area contributed by atoms with Gasteiger partial charge in [0, 0.05) is 19.1 Å². The van der Waals surface area contributed by atoms with Crippen molar-refractivity contribution in [3.8, 4) is 0 Å². The number of carboxylic acid groups (broad SMARTS) is 1. The molecular formula is C11H21NO2. The molecule has 14 heavy (non-hydrogen) atoms. The van der Waals surface area contributed by atoms with Crippen molar-refractivity contribution in [1.29, 1.82) is 0 Å². The van der Waals surface area contributed by atoms with Gasteiger partial charge in [-0.2, -0.15) is 0 Å². The zero-order valence-electron chi connectivity index (χ0n) is 9.42. The van der Waals surface area contributed by atoms with Gasteiger partial charge in [-0.3, -0.25) is 9.69 Å². The average molecular weight is 199 g/mol. The normalized spacial score (nSPS) is 10.9. The maximum Gasteiger partial charge on any atom is 0.304 e. The molecular weight excluding hydrogens is 178 g/mol. The highest BCUT2D eigenvalue weighted by Gasteiger charge is 2.11. The molecule has 1 N–H and O–H groups in total. The molecule has 0 aromatic rings. The first-order valence-electron chi connectivity index (χ1n) is 5.09. The lowest BCUT2D eigenvalue weighted by molar-refractivity contribution is -0.137. The predicted octanol–water partition coefficient (Wildman–Crippen LogP) is 2.14. The van der Waals surface area contributed by atoms with Gasteiger partial charge in [-0.1, -0.05) is 19.1 Å². The van der Waals surface area contributed by atoms with E-state index in [2.05, 4.69) is 32.3 Å². The van der Waals surface area contributed by atoms with Crippen LogP contribution < -0.4 is 0 Å². The van der Waals surface area contributed by atoms with E-state index in [4.69, 9.17) is 5.11 Å². The standard InChI is InChI=1S/C11H21NO2/c1-5-10(4)8-12(9(2)3)7-6-11(13)14/h9H,4-8H2,1-3H3,(H,13,14). The van der Waals surface area contributed by atoms with Crippen LogP contribution in [0.1, 0.15) is 33.6 Å². The Hall–Kier alpha value is -0.830. The van der Waals surface area contributed by atoms with Crippen molar-refractivity contribution in [2.75, 3.05) is 13.1 Å². The first kappa shape index (κ1) is 13.2. The Labute approximate surface area is 86.4 Å². The van der Waals surface area contributed by atoms with Crippen molar-refractivity contribution in [3.05, 3.63) is 12.2 Å². The first-order valence-corrected chi connectivity index (χ1v) is 5.09. The smallest absolute Gasteiger partial charge is 0.304 e. The zero-order chi connectivity index (χ0) is 11.1. The Bertz CT molecular complexity index is 199. The Balaban J connectivity index is 4.02. The maximum absolute atomic E-state index is 10.4. The van der Waals surface area contributed by atoms with Crippen molar-refractivity contribution in [2.24, 2.45) is 0 Å². The zero-order valence-corrected chi connectivity index (χ0v) is 9.42. The summed E-state index contributed by atoms with van der Waals surface area (Å²) in [6.07, 6.45) is 1.16. The van der Waals surface area contributed by atoms with Gasteiger partial charge in [0.05, 0.1) is 6.42 Å². The van der Waals surface area contributed by atoms with Gasteiger partial charge in [0.15, 0.2) is 0 Å². The Morgan fingerprint density at radius 3 is 2.43 bits per heavy atom. The van der Waals surface area contributed by atoms with Gasteiger partial charge in [-0.15, -0.1) is 0 Å². The van der Waals surface area contributed by atoms with E-state index < -0.39 is 5.97 Å². The van der Waals surface area contributed by atoms with Gasteiger partial charge in [0.1, 0.15) is 0 Å². The largest absolute Gasteiger partial charge is 0.481 e. The second kappa shape index (κ2) is 6.60. The fourth-order valence-electron chi connectivity index (χ4n) is 1.16. The summed E-state index contributed by atoms with van der Waals surface area (Å²) in [7, 11) is 0. The van der Waals surface area contributed by atoms with Gasteiger partial charge in [-0.25, -0.2) is 0 Å². The lowest BCUT2D eigenvalue weighted by atomic mass is 10.2. The highest BCUT2D eigenvalue weighted by Crippen LogP contribution is 2.06. The van der Waals surface area contributed by atoms with Crippen LogP contribution in [0.25, 0.3) is 0 Å². The minimum atomic E-state index is -0.738. The molecule has 0 radical (unpaired) electrons. The molecule has 0 aliphatic carbocycles. The van der Waals surface area contributed by atoms with Crippen LogP contribution in [-0.4, -0.2) is 35.1 Å². The lowest BCUT2D eigenvalue weighted by Crippen LogP contribution is -2.34. The Morgan fingerprint density at radius 1 is 1.50 bits per heavy atom. The molecule has 0 spiro atoms. The number of hydrogen-bond acceptors (Lipinski definition) is 2. The fourth-order valence-corrected chi connectivity index (χ4v) is 1.16. The Morgan fingerprint density at radius 2 is 2.07 bits per heavy atom. The first-order chi connectivity index (χ1) is 6.47. The third-order valence-electron chi connectivity index (χ3n) is 2.27. The molecule has 0 rings (SSSR count). The molecule has 0 amide bonds. The van der Waals surface area contributed by atoms with Crippen molar-refractivity contribution >= 4 is 5.97 Å². The second-order valence-electron chi connectivity index (χ2n) is 3.81. The second-order valence-corrected chi connectivity index (χ2v) is 3.81. The van der Waals surface area contributed by atoms with Crippen molar-refractivity contribution in [1.82, 2.24) is 4.90 Å². The van der Waals surface area contributed by atoms with E-state index >= 15 is 0 Å². The number of carbonyl (C=O) groups is 1. The molecule has 0 bridgehead atoms. The van der Waals surface area contributed by atoms with E-state index in [1.54, 1.807) is 0 Å². The molecule has 0 aromatic heterocycles. The van der Waals surface area contributed by atoms with E-state index in [0.29, 0.717) is 12.6 Å². The topological polar surface area (TPSA) is 40.5 Å². The van der Waals surface area contributed by atoms with Gasteiger partial charge < -0.3 is 5.11 Å². The SMILES string of the molecule is C=C(CC)CN(CCC(=O)O)C(C)C. The average Bonchev–Trinajstić information content (AvgIpc) is 2.10. The van der Waals surface area contributed by atoms with Crippen LogP contribution in [0.2, 0.25) is 0 Å². The molecule has 0 unspecified atom stereocenters. The molecule has 0 saturated carbocycles. The highest BCUT2D eigenvalue weighted by molar-refractivity contribution is 5.66. The third-order valence-corrected chi connectivity index (χ3v) is 2.27. The van der Waals surface area contributed by atoms with Gasteiger partial charge >= 0.3 is 5.97 Å². The summed E-state index contributed by atoms with van der Waals surface area (Å²) in [5.74, 6) is -0.738. The van der Waals surface area contributed by atoms with Crippen molar-refractivity contribution in [2.45, 2.75) is 39.7 Å². The van der Waals surface area contributed by atoms with E-state index in [0.717, 1.165) is 18.5 Å². The minimum Gasteiger partial charge on any atom is -0.481 e. The molecule has 3 heteroatoms. The summed E-state index contributed by atoms with van der Waals surface area (Å²) >= 11 is 0. The molecule has 0 saturated heterocycles. The number of rotatable bonds is 7. The number of carboxylic acids is 1. The summed E-state index contributed by atoms with van der Waals surface area (Å²) < 4.78 is 0. The third kappa shape index (κ3) is 5.75. The van der Waals surface area contributed by atoms with Crippen LogP contribution in [0, 0.1) is 0 Å². The number of hydrogen-bond donors (Lipinski definition) is 1. The Kier molecular flexibility index (Phi) is 6.21. The summed E-state index contributed by atoms with van der Waals surface area (Å²) in [6.45, 7) is 11.6. The van der Waals surface area contributed by atoms with Crippen LogP contribution in [0.5, 0.6) is 0 Å². The molecule has 3 nitrogen and oxygen atoms in total. The van der Waals surface area contributed by atoms with Crippen LogP contribution >= 0.6 is 0 Å². The number of aliphatic carboxylic acids is 1. The maximum atomic E-state index is 10.4. The van der Waals surface area contributed by atoms with Gasteiger partial charge in [0.2, 0.25) is 0 Å². The molecule has 0 heterocycles. The molecule has 0 aliphatic heterocycles. The summed E-state index contributed by atoms with van der Waals surface area (Å²) in [5.41, 5.74) is 1.16. The molecule has 82 valence electrons. The predicted molar refractivity (Wildman–Crippen MR) is 58.4 cm³/mol. The van der Waals surface area contributed by atoms with E-state index in [1.165, 1.54) is 0 Å². The van der Waals surface area contributed by atoms with Crippen molar-refractivity contribution in [3.63, 3.8) is 0 Å². The number of nitrogens with zero attached hydrogens (tertiary/aromatic N) is 1. The quantitative estimate of drug-likeness (QED) is 0.639. The lowest BCUT2D eigenvalue weighted by Gasteiger charge is -2.26. The van der Waals surface area contributed by atoms with Crippen LogP contribution in [0.4, 0.5) is 0 Å². The summed E-state index contributed by atoms with van der Waals surface area (Å²) in [4.78, 5) is 12.6. The van der Waals surface area contributed by atoms with E-state index in [9.17, 15) is 4.79 Å². The van der Waals surface area contributed by atoms with Crippen molar-refractivity contribution < 1.29 is 9.90 Å². The molecule has 0 aliphatic rings. The monoisotopic (exact) mass is 199 g/mol. The molecule has 0 aromatic carbocycles. The highest BCUT2D eigenvalue weighted by atomic mass is 16.4. The fraction of sp³-hybridized carbons (Fsp3) is 0.727. The van der Waals surface area contributed by atoms with E-state index in [-0.39, 0.29) is 6.42 Å². The van der Waals surface area contributed by atoms with Gasteiger partial charge in [0.25, 0.3) is 0 Å². The molecule has 0 atom stereocenters. The van der Waals surface area contributed by atoms with Crippen LogP contribution in [-0.2, 0) is 4.79 Å².